The summed E-state index contributed by atoms with van der Waals surface area (Å²) in [5, 5.41) is 10.1. The summed E-state index contributed by atoms with van der Waals surface area (Å²) in [5.74, 6) is 0. The second-order valence-corrected chi connectivity index (χ2v) is 13.0. The highest BCUT2D eigenvalue weighted by molar-refractivity contribution is 6.02. The van der Waals surface area contributed by atoms with Crippen molar-refractivity contribution in [3.8, 4) is 55.6 Å². The van der Waals surface area contributed by atoms with Gasteiger partial charge >= 0.3 is 0 Å². The van der Waals surface area contributed by atoms with Crippen molar-refractivity contribution in [2.45, 2.75) is 40.5 Å². The quantitative estimate of drug-likeness (QED) is 0.197. The predicted molar refractivity (Wildman–Crippen MR) is 198 cm³/mol. The molecule has 6 aromatic carbocycles. The van der Waals surface area contributed by atoms with Gasteiger partial charge in [-0.3, -0.25) is 0 Å². The first kappa shape index (κ1) is 29.7. The molecule has 2 aliphatic carbocycles. The van der Waals surface area contributed by atoms with Crippen molar-refractivity contribution in [1.82, 2.24) is 15.4 Å². The average Bonchev–Trinajstić information content (AvgIpc) is 3.68. The smallest absolute Gasteiger partial charge is 0.0529 e. The fourth-order valence-electron chi connectivity index (χ4n) is 7.84. The van der Waals surface area contributed by atoms with Gasteiger partial charge < -0.3 is 0 Å². The molecule has 0 saturated carbocycles. The van der Waals surface area contributed by atoms with E-state index in [0.29, 0.717) is 0 Å². The van der Waals surface area contributed by atoms with Crippen LogP contribution in [0.4, 0.5) is 0 Å². The van der Waals surface area contributed by atoms with E-state index in [9.17, 15) is 0 Å². The minimum atomic E-state index is 0.973. The van der Waals surface area contributed by atoms with Crippen LogP contribution in [0.2, 0.25) is 0 Å². The number of benzene rings is 6. The maximum Gasteiger partial charge on any atom is 0.0529 e. The lowest BCUT2D eigenvalue weighted by atomic mass is 9.79. The Hall–Kier alpha value is -5.67. The molecule has 48 heavy (non-hydrogen) atoms. The van der Waals surface area contributed by atoms with Crippen LogP contribution in [0.25, 0.3) is 55.6 Å². The Morgan fingerprint density at radius 3 is 1.48 bits per heavy atom. The summed E-state index contributed by atoms with van der Waals surface area (Å²) < 4.78 is 0. The molecule has 1 aromatic heterocycles. The third kappa shape index (κ3) is 4.94. The molecule has 0 N–H and O–H groups in total. The van der Waals surface area contributed by atoms with Gasteiger partial charge in [0.15, 0.2) is 0 Å². The summed E-state index contributed by atoms with van der Waals surface area (Å²) in [7, 11) is 0. The largest absolute Gasteiger partial charge is 0.139 e. The molecule has 0 spiro atoms. The maximum atomic E-state index is 3.42. The molecule has 0 bridgehead atoms. The molecule has 7 aromatic rings. The fraction of sp³-hybridized carbons (Fsp3) is 0.133. The number of nitrogens with zero attached hydrogens (tertiary/aromatic N) is 3. The topological polar surface area (TPSA) is 38.7 Å². The molecular formula is C45H37N3. The molecule has 232 valence electrons. The van der Waals surface area contributed by atoms with Gasteiger partial charge in [-0.25, -0.2) is 0 Å². The van der Waals surface area contributed by atoms with Crippen molar-refractivity contribution in [1.29, 1.82) is 0 Å². The van der Waals surface area contributed by atoms with Crippen LogP contribution in [-0.2, 0) is 12.8 Å². The standard InChI is InChI=1S/C42H34.C3H3N3/c1-25-21-36-32-17-10-8-15-30(32)23-38(36)40(27(25)3)35-20-12-19-34(29-13-6-5-7-14-29)42(35)41-28(4)26(2)22-37-33-18-11-9-16-31(33)24-39(37)41;1-2-4-6-5-3-1/h5-22H,23-24H2,1-4H3;1-3H. The van der Waals surface area contributed by atoms with Crippen molar-refractivity contribution in [3.63, 3.8) is 0 Å². The average molecular weight is 620 g/mol. The first-order valence-corrected chi connectivity index (χ1v) is 16.7. The van der Waals surface area contributed by atoms with Gasteiger partial charge in [-0.1, -0.05) is 109 Å². The van der Waals surface area contributed by atoms with Crippen molar-refractivity contribution in [2.24, 2.45) is 0 Å². The Labute approximate surface area is 283 Å². The number of hydrogen-bond donors (Lipinski definition) is 0. The molecule has 0 amide bonds. The molecule has 2 aliphatic rings. The highest BCUT2D eigenvalue weighted by Gasteiger charge is 2.30. The molecule has 0 fully saturated rings. The van der Waals surface area contributed by atoms with E-state index in [2.05, 4.69) is 152 Å². The lowest BCUT2D eigenvalue weighted by Gasteiger charge is -2.25. The van der Waals surface area contributed by atoms with E-state index in [-0.39, 0.29) is 0 Å². The molecule has 0 aliphatic heterocycles. The van der Waals surface area contributed by atoms with Gasteiger partial charge in [-0.2, -0.15) is 0 Å². The molecule has 3 heteroatoms. The number of aromatic nitrogens is 3. The molecule has 0 unspecified atom stereocenters. The van der Waals surface area contributed by atoms with Crippen molar-refractivity contribution in [3.05, 3.63) is 172 Å². The normalized spacial score (nSPS) is 12.0. The number of hydrogen-bond acceptors (Lipinski definition) is 3. The van der Waals surface area contributed by atoms with Crippen molar-refractivity contribution < 1.29 is 0 Å². The Morgan fingerprint density at radius 2 is 0.917 bits per heavy atom. The molecule has 0 atom stereocenters. The molecule has 1 heterocycles. The summed E-state index contributed by atoms with van der Waals surface area (Å²) >= 11 is 0. The first-order chi connectivity index (χ1) is 23.5. The SMILES string of the molecule is Cc1cc2c(c(-c3cccc(-c4ccccc4)c3-c3c(C)c(C)cc4c3Cc3ccccc3-4)c1C)Cc1ccccc1-2.c1cnnnc1. The van der Waals surface area contributed by atoms with Crippen LogP contribution in [0.1, 0.15) is 44.5 Å². The van der Waals surface area contributed by atoms with Crippen LogP contribution < -0.4 is 0 Å². The Morgan fingerprint density at radius 1 is 0.417 bits per heavy atom. The molecule has 3 nitrogen and oxygen atoms in total. The van der Waals surface area contributed by atoms with E-state index < -0.39 is 0 Å². The highest BCUT2D eigenvalue weighted by Crippen LogP contribution is 2.52. The van der Waals surface area contributed by atoms with Crippen LogP contribution in [0.3, 0.4) is 0 Å². The monoisotopic (exact) mass is 619 g/mol. The third-order valence-corrected chi connectivity index (χ3v) is 10.3. The van der Waals surface area contributed by atoms with Crippen molar-refractivity contribution >= 4 is 0 Å². The lowest BCUT2D eigenvalue weighted by Crippen LogP contribution is -2.02. The minimum absolute atomic E-state index is 0.973. The third-order valence-electron chi connectivity index (χ3n) is 10.3. The number of fused-ring (bicyclic) bond motifs is 6. The van der Waals surface area contributed by atoms with Crippen LogP contribution in [0, 0.1) is 27.7 Å². The zero-order valence-electron chi connectivity index (χ0n) is 27.9. The van der Waals surface area contributed by atoms with Crippen LogP contribution in [0.5, 0.6) is 0 Å². The lowest BCUT2D eigenvalue weighted by molar-refractivity contribution is 0.865. The number of rotatable bonds is 3. The highest BCUT2D eigenvalue weighted by atomic mass is 15.3. The van der Waals surface area contributed by atoms with Gasteiger partial charge in [0.2, 0.25) is 0 Å². The summed E-state index contributed by atoms with van der Waals surface area (Å²) in [6.45, 7) is 9.24. The van der Waals surface area contributed by atoms with Crippen LogP contribution in [-0.4, -0.2) is 15.4 Å². The fourth-order valence-corrected chi connectivity index (χ4v) is 7.84. The minimum Gasteiger partial charge on any atom is -0.139 e. The van der Waals surface area contributed by atoms with Crippen LogP contribution in [0.15, 0.2) is 128 Å². The summed E-state index contributed by atoms with van der Waals surface area (Å²) in [6, 6.07) is 42.5. The van der Waals surface area contributed by atoms with E-state index in [1.807, 2.05) is 0 Å². The summed E-state index contributed by atoms with van der Waals surface area (Å²) in [4.78, 5) is 0. The van der Waals surface area contributed by atoms with Crippen LogP contribution >= 0.6 is 0 Å². The van der Waals surface area contributed by atoms with E-state index in [4.69, 9.17) is 0 Å². The van der Waals surface area contributed by atoms with Gasteiger partial charge in [0.05, 0.1) is 12.4 Å². The van der Waals surface area contributed by atoms with Gasteiger partial charge in [0.25, 0.3) is 0 Å². The second-order valence-electron chi connectivity index (χ2n) is 13.0. The molecule has 0 radical (unpaired) electrons. The zero-order chi connectivity index (χ0) is 32.8. The second kappa shape index (κ2) is 12.2. The predicted octanol–water partition coefficient (Wildman–Crippen LogP) is 10.9. The molecular weight excluding hydrogens is 583 g/mol. The van der Waals surface area contributed by atoms with E-state index in [0.717, 1.165) is 12.8 Å². The van der Waals surface area contributed by atoms with E-state index >= 15 is 0 Å². The van der Waals surface area contributed by atoms with Gasteiger partial charge in [0.1, 0.15) is 0 Å². The summed E-state index contributed by atoms with van der Waals surface area (Å²) in [6.07, 6.45) is 5.11. The summed E-state index contributed by atoms with van der Waals surface area (Å²) in [5.41, 5.74) is 25.0. The molecule has 0 saturated heterocycles. The van der Waals surface area contributed by atoms with Crippen molar-refractivity contribution in [2.75, 3.05) is 0 Å². The first-order valence-electron chi connectivity index (χ1n) is 16.7. The van der Waals surface area contributed by atoms with Gasteiger partial charge in [0, 0.05) is 0 Å². The van der Waals surface area contributed by atoms with E-state index in [1.54, 1.807) is 18.5 Å². The van der Waals surface area contributed by atoms with Gasteiger partial charge in [-0.15, -0.1) is 10.2 Å². The Balaban J connectivity index is 0.000000508. The zero-order valence-corrected chi connectivity index (χ0v) is 27.9. The number of aryl methyl sites for hydroxylation is 2. The van der Waals surface area contributed by atoms with E-state index in [1.165, 1.54) is 100 Å². The van der Waals surface area contributed by atoms with Gasteiger partial charge in [-0.05, 0) is 152 Å². The Kier molecular flexibility index (Phi) is 7.53. The molecule has 9 rings (SSSR count). The maximum absolute atomic E-state index is 3.42. The Bertz CT molecular complexity index is 2290.